The molecule has 1 aliphatic heterocycles. The highest BCUT2D eigenvalue weighted by atomic mass is 16.5. The number of carbonyl (C=O) groups excluding carboxylic acids is 3. The van der Waals surface area contributed by atoms with Crippen molar-refractivity contribution in [2.75, 3.05) is 20.7 Å². The Bertz CT molecular complexity index is 717. The number of ether oxygens (including phenoxy) is 1. The third kappa shape index (κ3) is 1.80. The maximum atomic E-state index is 12.6. The molecule has 0 aromatic rings. The minimum absolute atomic E-state index is 0.0194. The molecule has 1 saturated heterocycles. The van der Waals surface area contributed by atoms with Crippen molar-refractivity contribution < 1.29 is 19.1 Å². The van der Waals surface area contributed by atoms with Crippen LogP contribution < -0.4 is 0 Å². The Balaban J connectivity index is 1.94. The zero-order valence-corrected chi connectivity index (χ0v) is 13.2. The molecule has 5 nitrogen and oxygen atoms in total. The topological polar surface area (TPSA) is 63.7 Å². The van der Waals surface area contributed by atoms with Crippen molar-refractivity contribution in [3.8, 4) is 0 Å². The lowest BCUT2D eigenvalue weighted by molar-refractivity contribution is -0.144. The largest absolute Gasteiger partial charge is 0.493 e. The van der Waals surface area contributed by atoms with Crippen LogP contribution in [0.5, 0.6) is 0 Å². The number of Topliss-reactive ketones (excluding diaryl/α,β-unsaturated/α-hetero) is 2. The Morgan fingerprint density at radius 2 is 2.00 bits per heavy atom. The van der Waals surface area contributed by atoms with Crippen molar-refractivity contribution >= 4 is 17.3 Å². The van der Waals surface area contributed by atoms with E-state index in [0.717, 1.165) is 18.5 Å². The summed E-state index contributed by atoms with van der Waals surface area (Å²) in [7, 11) is 3.56. The number of rotatable bonds is 1. The Labute approximate surface area is 134 Å². The summed E-state index contributed by atoms with van der Waals surface area (Å²) in [5, 5.41) is 0. The number of piperidine rings is 1. The lowest BCUT2D eigenvalue weighted by Gasteiger charge is -2.58. The Hall–Kier alpha value is -2.01. The minimum Gasteiger partial charge on any atom is -0.493 e. The number of likely N-dealkylation sites (tertiary alicyclic amines) is 1. The van der Waals surface area contributed by atoms with Gasteiger partial charge >= 0.3 is 0 Å². The molecule has 3 aliphatic carbocycles. The van der Waals surface area contributed by atoms with Crippen molar-refractivity contribution in [2.45, 2.75) is 18.9 Å². The van der Waals surface area contributed by atoms with E-state index >= 15 is 0 Å². The predicted octanol–water partition coefficient (Wildman–Crippen LogP) is 1.06. The van der Waals surface area contributed by atoms with Crippen LogP contribution in [0.2, 0.25) is 0 Å². The molecule has 1 heterocycles. The fraction of sp³-hybridized carbons (Fsp3) is 0.500. The number of ketones is 3. The Morgan fingerprint density at radius 3 is 2.74 bits per heavy atom. The second kappa shape index (κ2) is 4.74. The van der Waals surface area contributed by atoms with E-state index in [2.05, 4.69) is 18.0 Å². The SMILES string of the molecule is COC1=CC2C3C=C4C=CC(=O)C(=O)C4C2(CCN3C)CC1=O. The number of hydrogen-bond acceptors (Lipinski definition) is 5. The molecule has 120 valence electrons. The number of likely N-dealkylation sites (N-methyl/N-ethyl adjacent to an activating group) is 1. The molecule has 0 aromatic carbocycles. The maximum Gasteiger partial charge on any atom is 0.222 e. The van der Waals surface area contributed by atoms with E-state index in [4.69, 9.17) is 4.74 Å². The standard InChI is InChI=1S/C18H19NO4/c1-19-6-5-18-9-14(21)15(23-2)8-11(18)12(19)7-10-3-4-13(20)17(22)16(10)18/h3-4,7-8,11-12,16H,5-6,9H2,1-2H3. The number of hydrogen-bond donors (Lipinski definition) is 0. The molecular formula is C18H19NO4. The summed E-state index contributed by atoms with van der Waals surface area (Å²) in [6.45, 7) is 0.816. The van der Waals surface area contributed by atoms with Gasteiger partial charge in [-0.1, -0.05) is 12.2 Å². The predicted molar refractivity (Wildman–Crippen MR) is 82.4 cm³/mol. The molecule has 0 saturated carbocycles. The van der Waals surface area contributed by atoms with E-state index < -0.39 is 17.1 Å². The van der Waals surface area contributed by atoms with E-state index in [1.165, 1.54) is 13.2 Å². The summed E-state index contributed by atoms with van der Waals surface area (Å²) in [5.41, 5.74) is 0.405. The molecule has 4 rings (SSSR count). The lowest BCUT2D eigenvalue weighted by Crippen LogP contribution is -2.61. The summed E-state index contributed by atoms with van der Waals surface area (Å²) in [4.78, 5) is 39.3. The summed E-state index contributed by atoms with van der Waals surface area (Å²) in [5.74, 6) is -0.976. The normalized spacial score (nSPS) is 39.4. The van der Waals surface area contributed by atoms with Gasteiger partial charge in [0.2, 0.25) is 11.6 Å². The van der Waals surface area contributed by atoms with Gasteiger partial charge in [-0.25, -0.2) is 0 Å². The molecule has 0 spiro atoms. The Kier molecular flexibility index (Phi) is 3.00. The quantitative estimate of drug-likeness (QED) is 0.677. The number of carbonyl (C=O) groups is 3. The van der Waals surface area contributed by atoms with Crippen LogP contribution in [0.4, 0.5) is 0 Å². The average Bonchev–Trinajstić information content (AvgIpc) is 2.53. The number of fused-ring (bicyclic) bond motifs is 1. The van der Waals surface area contributed by atoms with Gasteiger partial charge in [0.15, 0.2) is 11.5 Å². The Morgan fingerprint density at radius 1 is 1.22 bits per heavy atom. The maximum absolute atomic E-state index is 12.6. The van der Waals surface area contributed by atoms with E-state index in [9.17, 15) is 14.4 Å². The fourth-order valence-electron chi connectivity index (χ4n) is 4.86. The summed E-state index contributed by atoms with van der Waals surface area (Å²) >= 11 is 0. The van der Waals surface area contributed by atoms with Gasteiger partial charge in [-0.05, 0) is 37.7 Å². The summed E-state index contributed by atoms with van der Waals surface area (Å²) in [6, 6.07) is 0.124. The van der Waals surface area contributed by atoms with E-state index in [0.29, 0.717) is 5.76 Å². The molecular weight excluding hydrogens is 294 g/mol. The van der Waals surface area contributed by atoms with Crippen molar-refractivity contribution in [2.24, 2.45) is 17.3 Å². The van der Waals surface area contributed by atoms with Gasteiger partial charge in [0.05, 0.1) is 13.0 Å². The van der Waals surface area contributed by atoms with Crippen molar-refractivity contribution in [3.05, 3.63) is 35.6 Å². The van der Waals surface area contributed by atoms with Crippen molar-refractivity contribution in [3.63, 3.8) is 0 Å². The second-order valence-electron chi connectivity index (χ2n) is 6.98. The minimum atomic E-state index is -0.492. The van der Waals surface area contributed by atoms with Gasteiger partial charge in [0.25, 0.3) is 0 Å². The first-order chi connectivity index (χ1) is 11.0. The third-order valence-electron chi connectivity index (χ3n) is 5.99. The number of methoxy groups -OCH3 is 1. The van der Waals surface area contributed by atoms with Crippen LogP contribution in [0.3, 0.4) is 0 Å². The second-order valence-corrected chi connectivity index (χ2v) is 6.98. The highest BCUT2D eigenvalue weighted by molar-refractivity contribution is 6.44. The van der Waals surface area contributed by atoms with Crippen LogP contribution in [-0.4, -0.2) is 49.0 Å². The number of allylic oxidation sites excluding steroid dienone is 4. The zero-order valence-electron chi connectivity index (χ0n) is 13.2. The zero-order chi connectivity index (χ0) is 16.4. The van der Waals surface area contributed by atoms with E-state index in [1.807, 2.05) is 6.08 Å². The first kappa shape index (κ1) is 14.6. The molecule has 0 radical (unpaired) electrons. The van der Waals surface area contributed by atoms with Gasteiger partial charge in [-0.2, -0.15) is 0 Å². The molecule has 5 heteroatoms. The van der Waals surface area contributed by atoms with Gasteiger partial charge in [-0.3, -0.25) is 19.3 Å². The molecule has 1 fully saturated rings. The summed E-state index contributed by atoms with van der Waals surface area (Å²) < 4.78 is 5.24. The van der Waals surface area contributed by atoms with Crippen LogP contribution in [0, 0.1) is 17.3 Å². The van der Waals surface area contributed by atoms with Gasteiger partial charge < -0.3 is 4.74 Å². The van der Waals surface area contributed by atoms with Crippen LogP contribution in [0.25, 0.3) is 0 Å². The molecule has 0 amide bonds. The van der Waals surface area contributed by atoms with Crippen molar-refractivity contribution in [1.29, 1.82) is 0 Å². The molecule has 4 aliphatic rings. The highest BCUT2D eigenvalue weighted by Gasteiger charge is 2.60. The fourth-order valence-corrected chi connectivity index (χ4v) is 4.86. The molecule has 4 atom stereocenters. The molecule has 23 heavy (non-hydrogen) atoms. The van der Waals surface area contributed by atoms with Gasteiger partial charge in [-0.15, -0.1) is 0 Å². The first-order valence-corrected chi connectivity index (χ1v) is 7.95. The molecule has 0 N–H and O–H groups in total. The van der Waals surface area contributed by atoms with Crippen LogP contribution in [0.1, 0.15) is 12.8 Å². The molecule has 4 unspecified atom stereocenters. The van der Waals surface area contributed by atoms with Crippen LogP contribution in [0.15, 0.2) is 35.6 Å². The highest BCUT2D eigenvalue weighted by Crippen LogP contribution is 2.58. The van der Waals surface area contributed by atoms with Gasteiger partial charge in [0.1, 0.15) is 0 Å². The van der Waals surface area contributed by atoms with Crippen LogP contribution >= 0.6 is 0 Å². The van der Waals surface area contributed by atoms with Crippen molar-refractivity contribution in [1.82, 2.24) is 4.90 Å². The van der Waals surface area contributed by atoms with Crippen LogP contribution in [-0.2, 0) is 19.1 Å². The van der Waals surface area contributed by atoms with E-state index in [1.54, 1.807) is 6.08 Å². The first-order valence-electron chi connectivity index (χ1n) is 7.95. The third-order valence-corrected chi connectivity index (χ3v) is 5.99. The summed E-state index contributed by atoms with van der Waals surface area (Å²) in [6.07, 6.45) is 8.11. The lowest BCUT2D eigenvalue weighted by atomic mass is 9.49. The monoisotopic (exact) mass is 313 g/mol. The van der Waals surface area contributed by atoms with E-state index in [-0.39, 0.29) is 29.9 Å². The molecule has 0 aromatic heterocycles. The number of nitrogens with zero attached hydrogens (tertiary/aromatic N) is 1. The smallest absolute Gasteiger partial charge is 0.222 e. The molecule has 2 bridgehead atoms. The average molecular weight is 313 g/mol. The van der Waals surface area contributed by atoms with Gasteiger partial charge in [0, 0.05) is 23.8 Å².